The van der Waals surface area contributed by atoms with E-state index in [2.05, 4.69) is 5.32 Å². The second-order valence-electron chi connectivity index (χ2n) is 5.85. The highest BCUT2D eigenvalue weighted by Gasteiger charge is 2.31. The fourth-order valence-corrected chi connectivity index (χ4v) is 3.04. The molecular formula is C19H17F2NO3S. The van der Waals surface area contributed by atoms with E-state index in [-0.39, 0.29) is 28.3 Å². The highest BCUT2D eigenvalue weighted by Crippen LogP contribution is 2.30. The van der Waals surface area contributed by atoms with Crippen molar-refractivity contribution < 1.29 is 23.1 Å². The van der Waals surface area contributed by atoms with Gasteiger partial charge in [-0.25, -0.2) is 4.79 Å². The lowest BCUT2D eigenvalue weighted by Crippen LogP contribution is -2.33. The van der Waals surface area contributed by atoms with Crippen LogP contribution >= 0.6 is 11.8 Å². The number of rotatable bonds is 7. The van der Waals surface area contributed by atoms with Crippen LogP contribution in [0, 0.1) is 0 Å². The first-order valence-corrected chi connectivity index (χ1v) is 9.02. The second kappa shape index (κ2) is 8.31. The minimum Gasteiger partial charge on any atom is -0.444 e. The largest absolute Gasteiger partial charge is 0.444 e. The van der Waals surface area contributed by atoms with Crippen molar-refractivity contribution in [1.82, 2.24) is 5.32 Å². The van der Waals surface area contributed by atoms with Crippen LogP contribution in [0.4, 0.5) is 8.78 Å². The predicted octanol–water partition coefficient (Wildman–Crippen LogP) is 4.18. The number of amides is 1. The number of alkyl halides is 2. The van der Waals surface area contributed by atoms with E-state index in [9.17, 15) is 18.4 Å². The molecule has 1 fully saturated rings. The summed E-state index contributed by atoms with van der Waals surface area (Å²) in [5, 5.41) is 2.81. The van der Waals surface area contributed by atoms with Crippen molar-refractivity contribution in [2.24, 2.45) is 0 Å². The third kappa shape index (κ3) is 4.82. The van der Waals surface area contributed by atoms with Crippen molar-refractivity contribution in [2.75, 3.05) is 0 Å². The van der Waals surface area contributed by atoms with Gasteiger partial charge in [0.1, 0.15) is 0 Å². The van der Waals surface area contributed by atoms with Crippen molar-refractivity contribution in [3.63, 3.8) is 0 Å². The fraction of sp³-hybridized carbons (Fsp3) is 0.263. The smallest absolute Gasteiger partial charge is 0.340 e. The first kappa shape index (κ1) is 18.4. The molecule has 7 heteroatoms. The Bertz CT molecular complexity index is 781. The van der Waals surface area contributed by atoms with Gasteiger partial charge < -0.3 is 10.1 Å². The summed E-state index contributed by atoms with van der Waals surface area (Å²) in [7, 11) is 0. The van der Waals surface area contributed by atoms with E-state index < -0.39 is 23.7 Å². The molecule has 2 aromatic rings. The molecule has 1 atom stereocenters. The molecule has 0 saturated heterocycles. The molecule has 0 spiro atoms. The Balaban J connectivity index is 1.82. The Hall–Kier alpha value is -2.41. The third-order valence-corrected chi connectivity index (χ3v) is 4.60. The van der Waals surface area contributed by atoms with Crippen LogP contribution in [0.15, 0.2) is 59.5 Å². The maximum absolute atomic E-state index is 12.7. The van der Waals surface area contributed by atoms with E-state index >= 15 is 0 Å². The second-order valence-corrected chi connectivity index (χ2v) is 6.89. The van der Waals surface area contributed by atoms with Crippen molar-refractivity contribution in [3.8, 4) is 0 Å². The number of thioether (sulfide) groups is 1. The average Bonchev–Trinajstić information content (AvgIpc) is 3.44. The van der Waals surface area contributed by atoms with Gasteiger partial charge >= 0.3 is 5.97 Å². The van der Waals surface area contributed by atoms with Crippen molar-refractivity contribution in [2.45, 2.75) is 35.6 Å². The van der Waals surface area contributed by atoms with Gasteiger partial charge in [0.2, 0.25) is 6.10 Å². The number of carbonyl (C=O) groups excluding carboxylic acids is 2. The topological polar surface area (TPSA) is 55.4 Å². The number of ether oxygens (including phenoxy) is 1. The zero-order valence-electron chi connectivity index (χ0n) is 13.7. The zero-order valence-corrected chi connectivity index (χ0v) is 14.5. The standard InChI is InChI=1S/C19H17F2NO3S/c20-19(21)26-15-9-5-4-8-14(15)18(24)25-16(12-6-2-1-3-7-12)17(23)22-13-10-11-13/h1-9,13,16,19H,10-11H2,(H,22,23)/t16-/m1/s1. The predicted molar refractivity (Wildman–Crippen MR) is 94.1 cm³/mol. The molecule has 2 aromatic carbocycles. The first-order valence-electron chi connectivity index (χ1n) is 8.14. The van der Waals surface area contributed by atoms with Gasteiger partial charge in [-0.15, -0.1) is 0 Å². The van der Waals surface area contributed by atoms with Crippen molar-refractivity contribution >= 4 is 23.6 Å². The molecule has 1 aliphatic carbocycles. The van der Waals surface area contributed by atoms with E-state index in [0.717, 1.165) is 12.8 Å². The number of nitrogens with one attached hydrogen (secondary N) is 1. The fourth-order valence-electron chi connectivity index (χ4n) is 2.41. The van der Waals surface area contributed by atoms with Crippen molar-refractivity contribution in [1.29, 1.82) is 0 Å². The van der Waals surface area contributed by atoms with Crippen LogP contribution in [0.3, 0.4) is 0 Å². The summed E-state index contributed by atoms with van der Waals surface area (Å²) in [5.74, 6) is -3.88. The number of benzene rings is 2. The van der Waals surface area contributed by atoms with Gasteiger partial charge in [-0.05, 0) is 25.0 Å². The zero-order chi connectivity index (χ0) is 18.5. The van der Waals surface area contributed by atoms with Gasteiger partial charge in [0.15, 0.2) is 0 Å². The van der Waals surface area contributed by atoms with Gasteiger partial charge in [0, 0.05) is 16.5 Å². The number of hydrogen-bond donors (Lipinski definition) is 1. The van der Waals surface area contributed by atoms with Gasteiger partial charge in [0.05, 0.1) is 5.56 Å². The molecule has 4 nitrogen and oxygen atoms in total. The summed E-state index contributed by atoms with van der Waals surface area (Å²) < 4.78 is 30.9. The Morgan fingerprint density at radius 1 is 1.04 bits per heavy atom. The van der Waals surface area contributed by atoms with Crippen molar-refractivity contribution in [3.05, 3.63) is 65.7 Å². The molecule has 1 aliphatic rings. The SMILES string of the molecule is O=C(O[C@@H](C(=O)NC1CC1)c1ccccc1)c1ccccc1SC(F)F. The van der Waals surface area contributed by atoms with Crippen LogP contribution in [-0.4, -0.2) is 23.7 Å². The maximum Gasteiger partial charge on any atom is 0.340 e. The molecule has 0 unspecified atom stereocenters. The normalized spacial score (nSPS) is 14.7. The van der Waals surface area contributed by atoms with Crippen LogP contribution < -0.4 is 5.32 Å². The lowest BCUT2D eigenvalue weighted by atomic mass is 10.1. The molecule has 0 bridgehead atoms. The molecule has 0 aliphatic heterocycles. The molecule has 0 heterocycles. The number of esters is 1. The van der Waals surface area contributed by atoms with E-state index in [4.69, 9.17) is 4.74 Å². The molecule has 136 valence electrons. The molecule has 0 aromatic heterocycles. The average molecular weight is 377 g/mol. The third-order valence-electron chi connectivity index (χ3n) is 3.81. The Kier molecular flexibility index (Phi) is 5.88. The van der Waals surface area contributed by atoms with Gasteiger partial charge in [-0.2, -0.15) is 8.78 Å². The van der Waals surface area contributed by atoms with E-state index in [1.165, 1.54) is 12.1 Å². The Morgan fingerprint density at radius 3 is 2.35 bits per heavy atom. The Labute approximate surface area is 153 Å². The minimum atomic E-state index is -2.66. The number of hydrogen-bond acceptors (Lipinski definition) is 4. The maximum atomic E-state index is 12.7. The quantitative estimate of drug-likeness (QED) is 0.581. The summed E-state index contributed by atoms with van der Waals surface area (Å²) in [6.07, 6.45) is 0.665. The molecule has 1 amide bonds. The van der Waals surface area contributed by atoms with Gasteiger partial charge in [0.25, 0.3) is 11.7 Å². The summed E-state index contributed by atoms with van der Waals surface area (Å²) in [6.45, 7) is 0. The van der Waals surface area contributed by atoms with E-state index in [1.54, 1.807) is 42.5 Å². The molecule has 1 saturated carbocycles. The van der Waals surface area contributed by atoms with Crippen LogP contribution in [0.2, 0.25) is 0 Å². The first-order chi connectivity index (χ1) is 12.5. The lowest BCUT2D eigenvalue weighted by molar-refractivity contribution is -0.130. The molecule has 1 N–H and O–H groups in total. The molecule has 3 rings (SSSR count). The monoisotopic (exact) mass is 377 g/mol. The summed E-state index contributed by atoms with van der Waals surface area (Å²) in [6, 6.07) is 14.7. The molecule has 26 heavy (non-hydrogen) atoms. The minimum absolute atomic E-state index is 0.0120. The van der Waals surface area contributed by atoms with Gasteiger partial charge in [-0.3, -0.25) is 4.79 Å². The van der Waals surface area contributed by atoms with Crippen LogP contribution in [-0.2, 0) is 9.53 Å². The molecule has 0 radical (unpaired) electrons. The highest BCUT2D eigenvalue weighted by molar-refractivity contribution is 7.99. The highest BCUT2D eigenvalue weighted by atomic mass is 32.2. The Morgan fingerprint density at radius 2 is 1.69 bits per heavy atom. The van der Waals surface area contributed by atoms with Crippen LogP contribution in [0.1, 0.15) is 34.9 Å². The number of carbonyl (C=O) groups is 2. The summed E-state index contributed by atoms with van der Waals surface area (Å²) in [4.78, 5) is 25.2. The van der Waals surface area contributed by atoms with Gasteiger partial charge in [-0.1, -0.05) is 54.2 Å². The summed E-state index contributed by atoms with van der Waals surface area (Å²) in [5.41, 5.74) is 0.538. The molecular weight excluding hydrogens is 360 g/mol. The number of halogens is 2. The van der Waals surface area contributed by atoms with E-state index in [0.29, 0.717) is 5.56 Å². The van der Waals surface area contributed by atoms with Crippen LogP contribution in [0.5, 0.6) is 0 Å². The van der Waals surface area contributed by atoms with E-state index in [1.807, 2.05) is 0 Å². The summed E-state index contributed by atoms with van der Waals surface area (Å²) >= 11 is 0.271. The lowest BCUT2D eigenvalue weighted by Gasteiger charge is -2.18. The van der Waals surface area contributed by atoms with Crippen LogP contribution in [0.25, 0.3) is 0 Å².